The number of nitrogens with zero attached hydrogens (tertiary/aromatic N) is 2. The van der Waals surface area contributed by atoms with Gasteiger partial charge in [-0.3, -0.25) is 4.79 Å². The zero-order valence-electron chi connectivity index (χ0n) is 15.1. The molecule has 1 unspecified atom stereocenters. The van der Waals surface area contributed by atoms with E-state index in [0.29, 0.717) is 36.6 Å². The van der Waals surface area contributed by atoms with Crippen LogP contribution in [0.5, 0.6) is 11.5 Å². The summed E-state index contributed by atoms with van der Waals surface area (Å²) in [6.45, 7) is 0.502. The molecule has 1 aromatic heterocycles. The van der Waals surface area contributed by atoms with Crippen molar-refractivity contribution in [2.45, 2.75) is 17.9 Å². The van der Waals surface area contributed by atoms with E-state index in [4.69, 9.17) is 9.47 Å². The number of H-pyrrole nitrogens is 1. The molecular weight excluding hydrogens is 372 g/mol. The molecule has 10 heteroatoms. The zero-order chi connectivity index (χ0) is 19.4. The first-order valence-corrected chi connectivity index (χ1v) is 9.91. The van der Waals surface area contributed by atoms with Crippen molar-refractivity contribution in [1.82, 2.24) is 14.3 Å². The molecule has 146 valence electrons. The number of nitrogens with one attached hydrogen (secondary N) is 2. The molecule has 1 amide bonds. The van der Waals surface area contributed by atoms with Crippen LogP contribution in [-0.2, 0) is 14.8 Å². The first-order valence-electron chi connectivity index (χ1n) is 8.47. The number of imidazole rings is 1. The van der Waals surface area contributed by atoms with Crippen molar-refractivity contribution < 1.29 is 22.7 Å². The van der Waals surface area contributed by atoms with E-state index in [1.54, 1.807) is 18.2 Å². The predicted molar refractivity (Wildman–Crippen MR) is 98.2 cm³/mol. The number of methoxy groups -OCH3 is 2. The fourth-order valence-corrected chi connectivity index (χ4v) is 4.48. The Morgan fingerprint density at radius 3 is 2.74 bits per heavy atom. The Morgan fingerprint density at radius 2 is 2.07 bits per heavy atom. The van der Waals surface area contributed by atoms with Crippen LogP contribution in [0.15, 0.2) is 35.7 Å². The normalized spacial score (nSPS) is 18.1. The largest absolute Gasteiger partial charge is 0.493 e. The number of piperidine rings is 1. The lowest BCUT2D eigenvalue weighted by Gasteiger charge is -2.30. The van der Waals surface area contributed by atoms with E-state index < -0.39 is 15.9 Å². The summed E-state index contributed by atoms with van der Waals surface area (Å²) in [4.78, 5) is 19.0. The average molecular weight is 394 g/mol. The Balaban J connectivity index is 1.70. The van der Waals surface area contributed by atoms with Crippen LogP contribution in [-0.4, -0.2) is 55.9 Å². The monoisotopic (exact) mass is 394 g/mol. The highest BCUT2D eigenvalue weighted by Gasteiger charge is 2.34. The summed E-state index contributed by atoms with van der Waals surface area (Å²) in [5.74, 6) is 0.392. The summed E-state index contributed by atoms with van der Waals surface area (Å²) in [6, 6.07) is 5.07. The summed E-state index contributed by atoms with van der Waals surface area (Å²) in [5.41, 5.74) is 0.561. The fourth-order valence-electron chi connectivity index (χ4n) is 3.06. The van der Waals surface area contributed by atoms with E-state index in [1.165, 1.54) is 31.0 Å². The van der Waals surface area contributed by atoms with Gasteiger partial charge in [0.1, 0.15) is 0 Å². The third-order valence-corrected chi connectivity index (χ3v) is 6.29. The molecule has 0 aliphatic carbocycles. The summed E-state index contributed by atoms with van der Waals surface area (Å²) >= 11 is 0. The molecule has 1 aromatic carbocycles. The number of anilines is 1. The third-order valence-electron chi connectivity index (χ3n) is 4.50. The van der Waals surface area contributed by atoms with Crippen molar-refractivity contribution in [2.75, 3.05) is 32.6 Å². The molecule has 1 fully saturated rings. The van der Waals surface area contributed by atoms with Gasteiger partial charge in [0.05, 0.1) is 32.7 Å². The minimum absolute atomic E-state index is 0.0310. The topological polar surface area (TPSA) is 114 Å². The molecule has 1 aliphatic heterocycles. The van der Waals surface area contributed by atoms with Gasteiger partial charge in [-0.1, -0.05) is 0 Å². The highest BCUT2D eigenvalue weighted by Crippen LogP contribution is 2.30. The number of carbonyl (C=O) groups excluding carboxylic acids is 1. The van der Waals surface area contributed by atoms with Crippen molar-refractivity contribution in [2.24, 2.45) is 5.92 Å². The molecule has 1 aliphatic rings. The van der Waals surface area contributed by atoms with Gasteiger partial charge in [-0.05, 0) is 25.0 Å². The number of ether oxygens (including phenoxy) is 2. The molecule has 0 spiro atoms. The third kappa shape index (κ3) is 4.06. The molecule has 27 heavy (non-hydrogen) atoms. The average Bonchev–Trinajstić information content (AvgIpc) is 3.23. The van der Waals surface area contributed by atoms with Gasteiger partial charge >= 0.3 is 0 Å². The smallest absolute Gasteiger partial charge is 0.260 e. The molecule has 0 saturated carbocycles. The quantitative estimate of drug-likeness (QED) is 0.767. The number of aromatic amines is 1. The lowest BCUT2D eigenvalue weighted by Crippen LogP contribution is -2.43. The first kappa shape index (κ1) is 19.2. The molecule has 0 radical (unpaired) electrons. The molecule has 2 N–H and O–H groups in total. The van der Waals surface area contributed by atoms with Crippen LogP contribution in [0.3, 0.4) is 0 Å². The highest BCUT2D eigenvalue weighted by atomic mass is 32.2. The Hall–Kier alpha value is -2.59. The number of rotatable bonds is 6. The molecule has 1 saturated heterocycles. The molecule has 2 heterocycles. The fraction of sp³-hybridized carbons (Fsp3) is 0.412. The lowest BCUT2D eigenvalue weighted by molar-refractivity contribution is -0.120. The number of benzene rings is 1. The molecule has 2 aromatic rings. The maximum absolute atomic E-state index is 12.7. The zero-order valence-corrected chi connectivity index (χ0v) is 16.0. The maximum atomic E-state index is 12.7. The second kappa shape index (κ2) is 7.97. The van der Waals surface area contributed by atoms with Crippen LogP contribution < -0.4 is 14.8 Å². The standard InChI is InChI=1S/C17H22N4O5S/c1-25-14-6-5-13(8-15(14)26-2)20-17(22)12-4-3-7-21(10-12)27(23,24)16-9-18-11-19-16/h5-6,8-9,11-12H,3-4,7,10H2,1-2H3,(H,18,19)(H,20,22). The summed E-state index contributed by atoms with van der Waals surface area (Å²) in [5, 5.41) is 2.86. The van der Waals surface area contributed by atoms with Crippen LogP contribution in [0.2, 0.25) is 0 Å². The van der Waals surface area contributed by atoms with Crippen LogP contribution >= 0.6 is 0 Å². The maximum Gasteiger partial charge on any atom is 0.260 e. The van der Waals surface area contributed by atoms with Crippen molar-refractivity contribution in [3.63, 3.8) is 0 Å². The van der Waals surface area contributed by atoms with Gasteiger partial charge in [-0.25, -0.2) is 13.4 Å². The van der Waals surface area contributed by atoms with E-state index in [-0.39, 0.29) is 17.5 Å². The second-order valence-electron chi connectivity index (χ2n) is 6.18. The van der Waals surface area contributed by atoms with E-state index in [0.717, 1.165) is 0 Å². The van der Waals surface area contributed by atoms with E-state index >= 15 is 0 Å². The Labute approximate surface area is 157 Å². The first-order chi connectivity index (χ1) is 13.0. The van der Waals surface area contributed by atoms with Crippen molar-refractivity contribution in [1.29, 1.82) is 0 Å². The van der Waals surface area contributed by atoms with E-state index in [1.807, 2.05) is 0 Å². The van der Waals surface area contributed by atoms with Gasteiger partial charge in [-0.15, -0.1) is 0 Å². The van der Waals surface area contributed by atoms with E-state index in [9.17, 15) is 13.2 Å². The van der Waals surface area contributed by atoms with Gasteiger partial charge in [0, 0.05) is 24.8 Å². The number of sulfonamides is 1. The molecule has 0 bridgehead atoms. The minimum Gasteiger partial charge on any atom is -0.493 e. The number of hydrogen-bond donors (Lipinski definition) is 2. The Morgan fingerprint density at radius 1 is 1.30 bits per heavy atom. The molecule has 1 atom stereocenters. The van der Waals surface area contributed by atoms with E-state index in [2.05, 4.69) is 15.3 Å². The number of aromatic nitrogens is 2. The van der Waals surface area contributed by atoms with Crippen molar-refractivity contribution in [3.05, 3.63) is 30.7 Å². The second-order valence-corrected chi connectivity index (χ2v) is 8.08. The van der Waals surface area contributed by atoms with Gasteiger partial charge in [0.2, 0.25) is 5.91 Å². The summed E-state index contributed by atoms with van der Waals surface area (Å²) < 4.78 is 37.0. The molecule has 9 nitrogen and oxygen atoms in total. The minimum atomic E-state index is -3.68. The highest BCUT2D eigenvalue weighted by molar-refractivity contribution is 7.89. The molecular formula is C17H22N4O5S. The molecule has 3 rings (SSSR count). The van der Waals surface area contributed by atoms with Gasteiger partial charge in [0.25, 0.3) is 10.0 Å². The Bertz CT molecular complexity index is 898. The van der Waals surface area contributed by atoms with Crippen molar-refractivity contribution in [3.8, 4) is 11.5 Å². The predicted octanol–water partition coefficient (Wildman–Crippen LogP) is 1.47. The summed E-state index contributed by atoms with van der Waals surface area (Å²) in [7, 11) is -0.628. The van der Waals surface area contributed by atoms with Crippen molar-refractivity contribution >= 4 is 21.6 Å². The van der Waals surface area contributed by atoms with Gasteiger partial charge < -0.3 is 19.8 Å². The summed E-state index contributed by atoms with van der Waals surface area (Å²) in [6.07, 6.45) is 3.81. The number of amides is 1. The number of hydrogen-bond acceptors (Lipinski definition) is 6. The van der Waals surface area contributed by atoms with Crippen LogP contribution in [0.4, 0.5) is 5.69 Å². The van der Waals surface area contributed by atoms with Crippen LogP contribution in [0, 0.1) is 5.92 Å². The lowest BCUT2D eigenvalue weighted by atomic mass is 9.98. The number of carbonyl (C=O) groups is 1. The Kier molecular flexibility index (Phi) is 5.66. The van der Waals surface area contributed by atoms with Gasteiger partial charge in [0.15, 0.2) is 16.5 Å². The van der Waals surface area contributed by atoms with Crippen LogP contribution in [0.25, 0.3) is 0 Å². The SMILES string of the molecule is COc1ccc(NC(=O)C2CCCN(S(=O)(=O)c3cnc[nH]3)C2)cc1OC. The van der Waals surface area contributed by atoms with Crippen LogP contribution in [0.1, 0.15) is 12.8 Å². The van der Waals surface area contributed by atoms with Gasteiger partial charge in [-0.2, -0.15) is 4.31 Å².